The number of rotatable bonds is 7. The molecule has 1 aliphatic heterocycles. The standard InChI is InChI=1S/C24H18Cl2N6O3S2/c25-17-3-1-4-18(21(17)26)30-20(34)11-19-22(35)31(24(37-19)29-14-5-7-15(33)8-6-14)13-16-12-27-23(36-16)32-10-2-9-28-32/h1-10,12,19,33H,11,13H2,(H,30,34). The van der Waals surface area contributed by atoms with Crippen molar-refractivity contribution in [3.05, 3.63) is 82.0 Å². The number of hydrogen-bond donors (Lipinski definition) is 2. The van der Waals surface area contributed by atoms with Crippen molar-refractivity contribution >= 4 is 74.7 Å². The van der Waals surface area contributed by atoms with Gasteiger partial charge in [0, 0.05) is 29.9 Å². The highest BCUT2D eigenvalue weighted by molar-refractivity contribution is 8.15. The van der Waals surface area contributed by atoms with Crippen LogP contribution in [0.2, 0.25) is 10.0 Å². The molecule has 1 unspecified atom stereocenters. The summed E-state index contributed by atoms with van der Waals surface area (Å²) in [6.45, 7) is 0.236. The Bertz CT molecular complexity index is 1470. The predicted octanol–water partition coefficient (Wildman–Crippen LogP) is 5.50. The predicted molar refractivity (Wildman–Crippen MR) is 146 cm³/mol. The summed E-state index contributed by atoms with van der Waals surface area (Å²) < 4.78 is 1.65. The quantitative estimate of drug-likeness (QED) is 0.302. The van der Waals surface area contributed by atoms with Crippen LogP contribution in [0.4, 0.5) is 11.4 Å². The number of benzene rings is 2. The topological polar surface area (TPSA) is 113 Å². The van der Waals surface area contributed by atoms with Gasteiger partial charge in [-0.15, -0.1) is 0 Å². The van der Waals surface area contributed by atoms with Crippen molar-refractivity contribution in [3.63, 3.8) is 0 Å². The highest BCUT2D eigenvalue weighted by Crippen LogP contribution is 2.35. The van der Waals surface area contributed by atoms with E-state index >= 15 is 0 Å². The molecular formula is C24H18Cl2N6O3S2. The van der Waals surface area contributed by atoms with E-state index in [1.54, 1.807) is 64.6 Å². The number of hydrogen-bond acceptors (Lipinski definition) is 8. The fraction of sp³-hybridized carbons (Fsp3) is 0.125. The molecule has 1 fully saturated rings. The number of phenols is 1. The van der Waals surface area contributed by atoms with Gasteiger partial charge in [0.1, 0.15) is 11.0 Å². The highest BCUT2D eigenvalue weighted by Gasteiger charge is 2.39. The molecule has 0 bridgehead atoms. The van der Waals surface area contributed by atoms with E-state index in [4.69, 9.17) is 23.2 Å². The van der Waals surface area contributed by atoms with Crippen LogP contribution in [-0.2, 0) is 16.1 Å². The molecule has 13 heteroatoms. The van der Waals surface area contributed by atoms with Crippen LogP contribution in [0.3, 0.4) is 0 Å². The lowest BCUT2D eigenvalue weighted by atomic mass is 10.2. The second-order valence-electron chi connectivity index (χ2n) is 7.86. The average Bonchev–Trinajstić information content (AvgIpc) is 3.62. The van der Waals surface area contributed by atoms with Gasteiger partial charge in [-0.1, -0.05) is 52.4 Å². The number of carbonyl (C=O) groups excluding carboxylic acids is 2. The first-order valence-electron chi connectivity index (χ1n) is 10.9. The fourth-order valence-electron chi connectivity index (χ4n) is 3.49. The van der Waals surface area contributed by atoms with Crippen LogP contribution in [0.5, 0.6) is 5.75 Å². The Hall–Kier alpha value is -3.38. The molecule has 2 N–H and O–H groups in total. The first-order valence-corrected chi connectivity index (χ1v) is 13.4. The average molecular weight is 573 g/mol. The summed E-state index contributed by atoms with van der Waals surface area (Å²) in [7, 11) is 0. The van der Waals surface area contributed by atoms with Crippen LogP contribution >= 0.6 is 46.3 Å². The van der Waals surface area contributed by atoms with Gasteiger partial charge in [-0.05, 0) is 42.5 Å². The highest BCUT2D eigenvalue weighted by atomic mass is 35.5. The fourth-order valence-corrected chi connectivity index (χ4v) is 5.84. The summed E-state index contributed by atoms with van der Waals surface area (Å²) in [4.78, 5) is 37.6. The van der Waals surface area contributed by atoms with Crippen LogP contribution in [0, 0.1) is 0 Å². The normalized spacial score (nSPS) is 16.5. The van der Waals surface area contributed by atoms with E-state index in [-0.39, 0.29) is 35.6 Å². The summed E-state index contributed by atoms with van der Waals surface area (Å²) in [5, 5.41) is 17.5. The van der Waals surface area contributed by atoms with E-state index in [0.29, 0.717) is 26.7 Å². The number of aliphatic imine (C=N–C) groups is 1. The zero-order valence-electron chi connectivity index (χ0n) is 18.9. The minimum absolute atomic E-state index is 0.0847. The van der Waals surface area contributed by atoms with Gasteiger partial charge in [-0.2, -0.15) is 5.10 Å². The maximum Gasteiger partial charge on any atom is 0.243 e. The molecule has 5 rings (SSSR count). The third-order valence-corrected chi connectivity index (χ3v) is 8.21. The van der Waals surface area contributed by atoms with Gasteiger partial charge in [0.25, 0.3) is 0 Å². The number of nitrogens with one attached hydrogen (secondary N) is 1. The number of phenolic OH excluding ortho intramolecular Hbond substituents is 1. The molecule has 9 nitrogen and oxygen atoms in total. The number of thioether (sulfide) groups is 1. The monoisotopic (exact) mass is 572 g/mol. The molecule has 1 aliphatic rings. The zero-order valence-corrected chi connectivity index (χ0v) is 22.1. The van der Waals surface area contributed by atoms with Crippen molar-refractivity contribution in [2.45, 2.75) is 18.2 Å². The molecule has 0 radical (unpaired) electrons. The van der Waals surface area contributed by atoms with Gasteiger partial charge in [-0.25, -0.2) is 14.7 Å². The summed E-state index contributed by atoms with van der Waals surface area (Å²) in [6, 6.07) is 13.1. The molecule has 1 saturated heterocycles. The number of nitrogens with zero attached hydrogens (tertiary/aromatic N) is 5. The number of halogens is 2. The van der Waals surface area contributed by atoms with Crippen molar-refractivity contribution in [2.75, 3.05) is 5.32 Å². The number of carbonyl (C=O) groups is 2. The second-order valence-corrected chi connectivity index (χ2v) is 10.9. The van der Waals surface area contributed by atoms with Crippen molar-refractivity contribution in [2.24, 2.45) is 4.99 Å². The van der Waals surface area contributed by atoms with Crippen molar-refractivity contribution < 1.29 is 14.7 Å². The molecule has 2 aromatic carbocycles. The Morgan fingerprint density at radius 1 is 1.16 bits per heavy atom. The lowest BCUT2D eigenvalue weighted by Gasteiger charge is -2.15. The molecule has 3 heterocycles. The van der Waals surface area contributed by atoms with E-state index in [9.17, 15) is 14.7 Å². The first kappa shape index (κ1) is 25.3. The zero-order chi connectivity index (χ0) is 25.9. The maximum absolute atomic E-state index is 13.4. The van der Waals surface area contributed by atoms with Crippen LogP contribution in [0.1, 0.15) is 11.3 Å². The number of aromatic nitrogens is 3. The summed E-state index contributed by atoms with van der Waals surface area (Å²) in [6.07, 6.45) is 5.06. The van der Waals surface area contributed by atoms with E-state index in [2.05, 4.69) is 20.4 Å². The molecule has 0 aliphatic carbocycles. The van der Waals surface area contributed by atoms with Crippen LogP contribution in [-0.4, -0.2) is 47.0 Å². The van der Waals surface area contributed by atoms with Crippen molar-refractivity contribution in [3.8, 4) is 10.9 Å². The van der Waals surface area contributed by atoms with E-state index < -0.39 is 5.25 Å². The SMILES string of the molecule is O=C(CC1SC(=Nc2ccc(O)cc2)N(Cc2cnc(-n3cccn3)s2)C1=O)Nc1cccc(Cl)c1Cl. The smallest absolute Gasteiger partial charge is 0.243 e. The Morgan fingerprint density at radius 2 is 1.97 bits per heavy atom. The molecule has 1 atom stereocenters. The number of aromatic hydroxyl groups is 1. The van der Waals surface area contributed by atoms with Crippen molar-refractivity contribution in [1.29, 1.82) is 0 Å². The van der Waals surface area contributed by atoms with Crippen LogP contribution in [0.25, 0.3) is 5.13 Å². The lowest BCUT2D eigenvalue weighted by molar-refractivity contribution is -0.128. The van der Waals surface area contributed by atoms with Gasteiger partial charge in [0.2, 0.25) is 16.9 Å². The van der Waals surface area contributed by atoms with E-state index in [1.807, 2.05) is 0 Å². The van der Waals surface area contributed by atoms with Gasteiger partial charge < -0.3 is 10.4 Å². The molecular weight excluding hydrogens is 555 g/mol. The largest absolute Gasteiger partial charge is 0.508 e. The minimum atomic E-state index is -0.688. The Morgan fingerprint density at radius 3 is 2.73 bits per heavy atom. The van der Waals surface area contributed by atoms with Gasteiger partial charge >= 0.3 is 0 Å². The molecule has 4 aromatic rings. The molecule has 2 amide bonds. The van der Waals surface area contributed by atoms with E-state index in [1.165, 1.54) is 35.2 Å². The summed E-state index contributed by atoms with van der Waals surface area (Å²) in [5.74, 6) is -0.510. The van der Waals surface area contributed by atoms with Crippen LogP contribution < -0.4 is 5.32 Å². The Labute approximate surface area is 229 Å². The molecule has 0 spiro atoms. The van der Waals surface area contributed by atoms with Gasteiger partial charge in [-0.3, -0.25) is 14.5 Å². The van der Waals surface area contributed by atoms with Gasteiger partial charge in [0.05, 0.1) is 28.0 Å². The third kappa shape index (κ3) is 5.80. The van der Waals surface area contributed by atoms with Crippen LogP contribution in [0.15, 0.2) is 72.1 Å². The van der Waals surface area contributed by atoms with E-state index in [0.717, 1.165) is 4.88 Å². The number of amides is 2. The van der Waals surface area contributed by atoms with Gasteiger partial charge in [0.15, 0.2) is 5.17 Å². The molecule has 2 aromatic heterocycles. The van der Waals surface area contributed by atoms with Crippen molar-refractivity contribution in [1.82, 2.24) is 19.7 Å². The molecule has 0 saturated carbocycles. The number of thiazole rings is 1. The summed E-state index contributed by atoms with van der Waals surface area (Å²) in [5.41, 5.74) is 0.940. The number of anilines is 1. The minimum Gasteiger partial charge on any atom is -0.508 e. The number of amidine groups is 1. The summed E-state index contributed by atoms with van der Waals surface area (Å²) >= 11 is 14.8. The second kappa shape index (κ2) is 10.9. The third-order valence-electron chi connectivity index (χ3n) is 5.25. The Kier molecular flexibility index (Phi) is 7.47. The molecule has 188 valence electrons. The lowest BCUT2D eigenvalue weighted by Crippen LogP contribution is -2.32. The first-order chi connectivity index (χ1) is 17.9. The Balaban J connectivity index is 1.37. The maximum atomic E-state index is 13.4. The molecule has 37 heavy (non-hydrogen) atoms.